The lowest BCUT2D eigenvalue weighted by Gasteiger charge is -2.37. The van der Waals surface area contributed by atoms with Gasteiger partial charge in [-0.15, -0.1) is 0 Å². The first-order chi connectivity index (χ1) is 11.1. The van der Waals surface area contributed by atoms with E-state index in [1.807, 2.05) is 24.3 Å². The van der Waals surface area contributed by atoms with Gasteiger partial charge in [0.25, 0.3) is 0 Å². The van der Waals surface area contributed by atoms with Crippen molar-refractivity contribution in [2.45, 2.75) is 32.6 Å². The maximum atomic E-state index is 10.2. The highest BCUT2D eigenvalue weighted by atomic mass is 16.5. The van der Waals surface area contributed by atoms with Crippen LogP contribution in [0, 0.1) is 0 Å². The Morgan fingerprint density at radius 3 is 2.48 bits per heavy atom. The molecular formula is C18H30N2O3. The van der Waals surface area contributed by atoms with Gasteiger partial charge in [-0.1, -0.05) is 18.2 Å². The summed E-state index contributed by atoms with van der Waals surface area (Å²) >= 11 is 0. The molecule has 1 aliphatic heterocycles. The van der Waals surface area contributed by atoms with Gasteiger partial charge in [-0.3, -0.25) is 9.80 Å². The van der Waals surface area contributed by atoms with Crippen LogP contribution in [0.3, 0.4) is 0 Å². The number of para-hydroxylation sites is 1. The maximum Gasteiger partial charge on any atom is 0.124 e. The van der Waals surface area contributed by atoms with Crippen LogP contribution in [0.4, 0.5) is 0 Å². The fourth-order valence-corrected chi connectivity index (χ4v) is 2.94. The van der Waals surface area contributed by atoms with Crippen molar-refractivity contribution in [3.63, 3.8) is 0 Å². The number of aliphatic hydroxyl groups is 1. The molecule has 0 saturated carbocycles. The van der Waals surface area contributed by atoms with E-state index in [2.05, 4.69) is 23.6 Å². The molecule has 0 aromatic heterocycles. The average Bonchev–Trinajstić information content (AvgIpc) is 2.55. The lowest BCUT2D eigenvalue weighted by Crippen LogP contribution is -2.50. The Morgan fingerprint density at radius 1 is 1.13 bits per heavy atom. The number of hydrogen-bond donors (Lipinski definition) is 1. The van der Waals surface area contributed by atoms with Crippen LogP contribution in [0.2, 0.25) is 0 Å². The normalized spacial score (nSPS) is 18.3. The molecule has 1 N–H and O–H groups in total. The summed E-state index contributed by atoms with van der Waals surface area (Å²) < 4.78 is 11.0. The van der Waals surface area contributed by atoms with Crippen molar-refractivity contribution in [1.29, 1.82) is 0 Å². The number of hydrogen-bond acceptors (Lipinski definition) is 5. The van der Waals surface area contributed by atoms with Gasteiger partial charge in [0.1, 0.15) is 5.75 Å². The second-order valence-corrected chi connectivity index (χ2v) is 6.41. The van der Waals surface area contributed by atoms with Crippen LogP contribution in [0.1, 0.15) is 19.4 Å². The van der Waals surface area contributed by atoms with Crippen molar-refractivity contribution < 1.29 is 14.6 Å². The van der Waals surface area contributed by atoms with E-state index in [1.165, 1.54) is 0 Å². The third-order valence-corrected chi connectivity index (χ3v) is 4.37. The summed E-state index contributed by atoms with van der Waals surface area (Å²) in [6.07, 6.45) is -0.449. The number of methoxy groups -OCH3 is 1. The number of β-amino-alcohol motifs (C(OH)–C–C–N with tert-alkyl or cyclic N) is 1. The molecule has 1 aliphatic rings. The summed E-state index contributed by atoms with van der Waals surface area (Å²) in [4.78, 5) is 4.79. The molecule has 0 amide bonds. The maximum absolute atomic E-state index is 10.2. The van der Waals surface area contributed by atoms with Crippen molar-refractivity contribution in [2.24, 2.45) is 0 Å². The van der Waals surface area contributed by atoms with Gasteiger partial charge in [0.15, 0.2) is 0 Å². The number of piperazine rings is 1. The quantitative estimate of drug-likeness (QED) is 0.788. The van der Waals surface area contributed by atoms with Crippen molar-refractivity contribution >= 4 is 0 Å². The van der Waals surface area contributed by atoms with Gasteiger partial charge >= 0.3 is 0 Å². The highest BCUT2D eigenvalue weighted by Crippen LogP contribution is 2.18. The number of nitrogens with zero attached hydrogens (tertiary/aromatic N) is 2. The topological polar surface area (TPSA) is 45.2 Å². The molecule has 0 radical (unpaired) electrons. The zero-order chi connectivity index (χ0) is 16.7. The minimum atomic E-state index is -0.449. The first-order valence-corrected chi connectivity index (χ1v) is 8.44. The predicted molar refractivity (Wildman–Crippen MR) is 91.8 cm³/mol. The Balaban J connectivity index is 1.67. The largest absolute Gasteiger partial charge is 0.496 e. The Labute approximate surface area is 139 Å². The Hall–Kier alpha value is -1.14. The molecule has 0 bridgehead atoms. The van der Waals surface area contributed by atoms with Gasteiger partial charge in [-0.25, -0.2) is 0 Å². The Morgan fingerprint density at radius 2 is 1.83 bits per heavy atom. The molecule has 2 rings (SSSR count). The number of benzene rings is 1. The minimum Gasteiger partial charge on any atom is -0.496 e. The summed E-state index contributed by atoms with van der Waals surface area (Å²) in [7, 11) is 1.66. The molecule has 130 valence electrons. The second kappa shape index (κ2) is 9.23. The first-order valence-electron chi connectivity index (χ1n) is 8.44. The molecule has 1 fully saturated rings. The van der Waals surface area contributed by atoms with Gasteiger partial charge in [0, 0.05) is 44.3 Å². The van der Waals surface area contributed by atoms with E-state index in [4.69, 9.17) is 9.47 Å². The Bertz CT molecular complexity index is 459. The second-order valence-electron chi connectivity index (χ2n) is 6.41. The number of aliphatic hydroxyl groups excluding tert-OH is 1. The number of ether oxygens (including phenoxy) is 2. The van der Waals surface area contributed by atoms with Crippen LogP contribution in [0.15, 0.2) is 24.3 Å². The molecule has 1 aromatic carbocycles. The lowest BCUT2D eigenvalue weighted by molar-refractivity contribution is -0.00108. The summed E-state index contributed by atoms with van der Waals surface area (Å²) in [6, 6.07) is 8.41. The van der Waals surface area contributed by atoms with Gasteiger partial charge in [0.05, 0.1) is 26.4 Å². The van der Waals surface area contributed by atoms with Crippen LogP contribution in [-0.2, 0) is 11.3 Å². The fourth-order valence-electron chi connectivity index (χ4n) is 2.94. The monoisotopic (exact) mass is 322 g/mol. The SMILES string of the molecule is COc1ccccc1COCC(O)CN1CCN(C(C)C)CC1. The molecular weight excluding hydrogens is 292 g/mol. The van der Waals surface area contributed by atoms with E-state index in [-0.39, 0.29) is 0 Å². The van der Waals surface area contributed by atoms with Gasteiger partial charge < -0.3 is 14.6 Å². The third-order valence-electron chi connectivity index (χ3n) is 4.37. The van der Waals surface area contributed by atoms with Gasteiger partial charge in [0.2, 0.25) is 0 Å². The highest BCUT2D eigenvalue weighted by Gasteiger charge is 2.20. The molecule has 1 heterocycles. The van der Waals surface area contributed by atoms with Crippen LogP contribution < -0.4 is 4.74 Å². The molecule has 0 spiro atoms. The third kappa shape index (κ3) is 5.77. The smallest absolute Gasteiger partial charge is 0.124 e. The van der Waals surface area contributed by atoms with Gasteiger partial charge in [-0.05, 0) is 19.9 Å². The molecule has 1 saturated heterocycles. The minimum absolute atomic E-state index is 0.350. The summed E-state index contributed by atoms with van der Waals surface area (Å²) in [5.74, 6) is 0.826. The van der Waals surface area contributed by atoms with E-state index in [0.29, 0.717) is 25.8 Å². The zero-order valence-electron chi connectivity index (χ0n) is 14.6. The molecule has 1 unspecified atom stereocenters. The standard InChI is InChI=1S/C18H30N2O3/c1-15(2)20-10-8-19(9-11-20)12-17(21)14-23-13-16-6-4-5-7-18(16)22-3/h4-7,15,17,21H,8-14H2,1-3H3. The van der Waals surface area contributed by atoms with E-state index < -0.39 is 6.10 Å². The zero-order valence-corrected chi connectivity index (χ0v) is 14.6. The summed E-state index contributed by atoms with van der Waals surface area (Å²) in [5, 5.41) is 10.2. The van der Waals surface area contributed by atoms with E-state index >= 15 is 0 Å². The van der Waals surface area contributed by atoms with E-state index in [1.54, 1.807) is 7.11 Å². The lowest BCUT2D eigenvalue weighted by atomic mass is 10.2. The van der Waals surface area contributed by atoms with Crippen LogP contribution >= 0.6 is 0 Å². The van der Waals surface area contributed by atoms with Gasteiger partial charge in [-0.2, -0.15) is 0 Å². The van der Waals surface area contributed by atoms with Crippen molar-refractivity contribution in [2.75, 3.05) is 46.4 Å². The molecule has 1 atom stereocenters. The average molecular weight is 322 g/mol. The van der Waals surface area contributed by atoms with Crippen LogP contribution in [0.5, 0.6) is 5.75 Å². The molecule has 5 heteroatoms. The first kappa shape index (κ1) is 18.2. The van der Waals surface area contributed by atoms with E-state index in [0.717, 1.165) is 37.5 Å². The van der Waals surface area contributed by atoms with E-state index in [9.17, 15) is 5.11 Å². The van der Waals surface area contributed by atoms with Crippen molar-refractivity contribution in [3.8, 4) is 5.75 Å². The Kier molecular flexibility index (Phi) is 7.30. The molecule has 5 nitrogen and oxygen atoms in total. The number of rotatable bonds is 8. The fraction of sp³-hybridized carbons (Fsp3) is 0.667. The van der Waals surface area contributed by atoms with Crippen LogP contribution in [0.25, 0.3) is 0 Å². The summed E-state index contributed by atoms with van der Waals surface area (Å²) in [6.45, 7) is 10.1. The van der Waals surface area contributed by atoms with Crippen molar-refractivity contribution in [1.82, 2.24) is 9.80 Å². The molecule has 23 heavy (non-hydrogen) atoms. The predicted octanol–water partition coefficient (Wildman–Crippen LogP) is 1.60. The molecule has 0 aliphatic carbocycles. The van der Waals surface area contributed by atoms with Crippen LogP contribution in [-0.4, -0.2) is 73.5 Å². The highest BCUT2D eigenvalue weighted by molar-refractivity contribution is 5.32. The molecule has 1 aromatic rings. The summed E-state index contributed by atoms with van der Waals surface area (Å²) in [5.41, 5.74) is 1.01. The van der Waals surface area contributed by atoms with Crippen molar-refractivity contribution in [3.05, 3.63) is 29.8 Å².